The monoisotopic (exact) mass is 360 g/mol. The molecule has 0 spiro atoms. The van der Waals surface area contributed by atoms with E-state index in [1.54, 1.807) is 3.58 Å². The first-order chi connectivity index (χ1) is 8.93. The second kappa shape index (κ2) is 5.70. The van der Waals surface area contributed by atoms with Crippen LogP contribution in [0.25, 0.3) is 0 Å². The van der Waals surface area contributed by atoms with Crippen molar-refractivity contribution in [3.8, 4) is 0 Å². The molecule has 100 valence electrons. The van der Waals surface area contributed by atoms with Crippen LogP contribution in [0.3, 0.4) is 0 Å². The summed E-state index contributed by atoms with van der Waals surface area (Å²) in [5.74, 6) is 0. The molecule has 0 saturated heterocycles. The zero-order valence-corrected chi connectivity index (χ0v) is 15.3. The van der Waals surface area contributed by atoms with Crippen LogP contribution in [-0.2, 0) is 4.44 Å². The molecule has 0 nitrogen and oxygen atoms in total. The number of benzene rings is 2. The van der Waals surface area contributed by atoms with Gasteiger partial charge in [-0.2, -0.15) is 0 Å². The summed E-state index contributed by atoms with van der Waals surface area (Å²) >= 11 is -2.44. The zero-order valence-electron chi connectivity index (χ0n) is 12.5. The van der Waals surface area contributed by atoms with Gasteiger partial charge in [0.05, 0.1) is 0 Å². The van der Waals surface area contributed by atoms with Crippen LogP contribution in [0.15, 0.2) is 60.7 Å². The topological polar surface area (TPSA) is 0 Å². The van der Waals surface area contributed by atoms with Crippen LogP contribution in [0.2, 0.25) is 8.37 Å². The van der Waals surface area contributed by atoms with Crippen molar-refractivity contribution in [2.24, 2.45) is 0 Å². The first-order valence-electron chi connectivity index (χ1n) is 7.03. The van der Waals surface area contributed by atoms with E-state index in [2.05, 4.69) is 86.4 Å². The summed E-state index contributed by atoms with van der Waals surface area (Å²) < 4.78 is 3.34. The Kier molecular flexibility index (Phi) is 4.39. The molecule has 0 aliphatic carbocycles. The Hall–Kier alpha value is -0.761. The molecule has 0 saturated carbocycles. The molecule has 1 heteroatoms. The molecule has 2 aromatic carbocycles. The van der Waals surface area contributed by atoms with Gasteiger partial charge >= 0.3 is 122 Å². The summed E-state index contributed by atoms with van der Waals surface area (Å²) in [5, 5.41) is 0. The van der Waals surface area contributed by atoms with E-state index in [0.29, 0.717) is 3.43 Å². The van der Waals surface area contributed by atoms with E-state index < -0.39 is 18.4 Å². The molecule has 0 aliphatic heterocycles. The molecular formula is C18H24Sn. The second-order valence-corrected chi connectivity index (χ2v) is 21.2. The van der Waals surface area contributed by atoms with Gasteiger partial charge in [0.2, 0.25) is 0 Å². The maximum atomic E-state index is 2.59. The minimum absolute atomic E-state index is 0.422. The van der Waals surface area contributed by atoms with Crippen LogP contribution in [0.1, 0.15) is 26.3 Å². The fourth-order valence-electron chi connectivity index (χ4n) is 2.61. The summed E-state index contributed by atoms with van der Waals surface area (Å²) in [6, 6.07) is 22.2. The molecule has 0 amide bonds. The predicted molar refractivity (Wildman–Crippen MR) is 87.6 cm³/mol. The Morgan fingerprint density at radius 2 is 1.26 bits per heavy atom. The standard InChI is InChI=1S/C7H7.C6H5.C4H9.CH3.Sn/c1-7-5-3-2-4-6-7;1-2-4-6-5-3-1;1-4(2)3;;/h2-6H,1H2;1-5H;1-3H3;1H3;. The van der Waals surface area contributed by atoms with E-state index in [-0.39, 0.29) is 0 Å². The molecular weight excluding hydrogens is 335 g/mol. The van der Waals surface area contributed by atoms with Gasteiger partial charge in [0.15, 0.2) is 0 Å². The third kappa shape index (κ3) is 3.22. The van der Waals surface area contributed by atoms with Gasteiger partial charge in [-0.25, -0.2) is 0 Å². The van der Waals surface area contributed by atoms with Gasteiger partial charge in [-0.15, -0.1) is 0 Å². The van der Waals surface area contributed by atoms with Crippen molar-refractivity contribution in [3.05, 3.63) is 66.2 Å². The summed E-state index contributed by atoms with van der Waals surface area (Å²) in [4.78, 5) is 2.59. The average molecular weight is 359 g/mol. The third-order valence-electron chi connectivity index (χ3n) is 4.47. The summed E-state index contributed by atoms with van der Waals surface area (Å²) in [6.07, 6.45) is 0. The first-order valence-corrected chi connectivity index (χ1v) is 14.8. The number of rotatable bonds is 3. The Morgan fingerprint density at radius 1 is 0.789 bits per heavy atom. The van der Waals surface area contributed by atoms with Crippen molar-refractivity contribution in [3.63, 3.8) is 0 Å². The van der Waals surface area contributed by atoms with Gasteiger partial charge in [-0.05, 0) is 0 Å². The molecule has 0 N–H and O–H groups in total. The molecule has 0 radical (unpaired) electrons. The fourth-order valence-corrected chi connectivity index (χ4v) is 12.8. The quantitative estimate of drug-likeness (QED) is 0.706. The van der Waals surface area contributed by atoms with Gasteiger partial charge in [0.25, 0.3) is 0 Å². The normalized spacial score (nSPS) is 14.9. The van der Waals surface area contributed by atoms with E-state index in [9.17, 15) is 0 Å². The SMILES string of the molecule is C[C](C)(C)[Sn]([CH3])([CH2]c1ccccc1)[c]1ccccc1. The van der Waals surface area contributed by atoms with Gasteiger partial charge in [0, 0.05) is 0 Å². The van der Waals surface area contributed by atoms with Crippen molar-refractivity contribution >= 4 is 22.0 Å². The van der Waals surface area contributed by atoms with Crippen LogP contribution in [0.5, 0.6) is 0 Å². The number of hydrogen-bond donors (Lipinski definition) is 0. The van der Waals surface area contributed by atoms with Gasteiger partial charge in [-0.1, -0.05) is 0 Å². The van der Waals surface area contributed by atoms with Crippen molar-refractivity contribution in [2.75, 3.05) is 0 Å². The van der Waals surface area contributed by atoms with Crippen molar-refractivity contribution in [2.45, 2.75) is 33.6 Å². The van der Waals surface area contributed by atoms with E-state index >= 15 is 0 Å². The van der Waals surface area contributed by atoms with Gasteiger partial charge in [-0.3, -0.25) is 0 Å². The summed E-state index contributed by atoms with van der Waals surface area (Å²) in [6.45, 7) is 7.29. The molecule has 0 bridgehead atoms. The van der Waals surface area contributed by atoms with Crippen LogP contribution in [0, 0.1) is 0 Å². The second-order valence-electron chi connectivity index (χ2n) is 6.61. The first kappa shape index (κ1) is 14.6. The molecule has 1 unspecified atom stereocenters. The van der Waals surface area contributed by atoms with E-state index in [0.717, 1.165) is 0 Å². The molecule has 2 aromatic rings. The van der Waals surface area contributed by atoms with Crippen LogP contribution in [-0.4, -0.2) is 18.4 Å². The Bertz CT molecular complexity index is 510. The molecule has 1 atom stereocenters. The molecule has 0 aliphatic rings. The molecule has 19 heavy (non-hydrogen) atoms. The number of hydrogen-bond acceptors (Lipinski definition) is 0. The van der Waals surface area contributed by atoms with E-state index in [4.69, 9.17) is 0 Å². The summed E-state index contributed by atoms with van der Waals surface area (Å²) in [7, 11) is 0. The Balaban J connectivity index is 2.42. The third-order valence-corrected chi connectivity index (χ3v) is 21.7. The van der Waals surface area contributed by atoms with Crippen LogP contribution < -0.4 is 3.58 Å². The van der Waals surface area contributed by atoms with Crippen molar-refractivity contribution < 1.29 is 0 Å². The van der Waals surface area contributed by atoms with E-state index in [1.165, 1.54) is 10.0 Å². The van der Waals surface area contributed by atoms with Gasteiger partial charge < -0.3 is 0 Å². The molecule has 2 rings (SSSR count). The van der Waals surface area contributed by atoms with Crippen LogP contribution >= 0.6 is 0 Å². The van der Waals surface area contributed by atoms with E-state index in [1.807, 2.05) is 0 Å². The van der Waals surface area contributed by atoms with Crippen LogP contribution in [0.4, 0.5) is 0 Å². The molecule has 0 fully saturated rings. The Labute approximate surface area is 121 Å². The molecule has 0 aromatic heterocycles. The zero-order chi connectivity index (χ0) is 13.9. The summed E-state index contributed by atoms with van der Waals surface area (Å²) in [5.41, 5.74) is 1.50. The average Bonchev–Trinajstić information content (AvgIpc) is 2.39. The molecule has 0 heterocycles. The van der Waals surface area contributed by atoms with Gasteiger partial charge in [0.1, 0.15) is 0 Å². The maximum absolute atomic E-state index is 2.59. The van der Waals surface area contributed by atoms with Crippen molar-refractivity contribution in [1.29, 1.82) is 0 Å². The predicted octanol–water partition coefficient (Wildman–Crippen LogP) is 4.55. The fraction of sp³-hybridized carbons (Fsp3) is 0.333. The minimum atomic E-state index is -2.44. The van der Waals surface area contributed by atoms with Crippen molar-refractivity contribution in [1.82, 2.24) is 0 Å². The Morgan fingerprint density at radius 3 is 1.74 bits per heavy atom.